The second-order valence-electron chi connectivity index (χ2n) is 3.76. The Labute approximate surface area is 94.8 Å². The summed E-state index contributed by atoms with van der Waals surface area (Å²) in [5, 5.41) is 6.80. The molecule has 1 aromatic heterocycles. The maximum Gasteiger partial charge on any atom is 0.274 e. The monoisotopic (exact) mass is 226 g/mol. The smallest absolute Gasteiger partial charge is 0.274 e. The molecule has 6 heteroatoms. The van der Waals surface area contributed by atoms with Crippen molar-refractivity contribution in [3.8, 4) is 0 Å². The van der Waals surface area contributed by atoms with E-state index >= 15 is 0 Å². The molecule has 0 fully saturated rings. The van der Waals surface area contributed by atoms with Gasteiger partial charge in [0.1, 0.15) is 0 Å². The summed E-state index contributed by atoms with van der Waals surface area (Å²) in [6.45, 7) is 2.52. The van der Waals surface area contributed by atoms with Crippen LogP contribution in [0.3, 0.4) is 0 Å². The van der Waals surface area contributed by atoms with Crippen molar-refractivity contribution < 1.29 is 9.53 Å². The second kappa shape index (κ2) is 5.50. The highest BCUT2D eigenvalue weighted by Gasteiger charge is 2.15. The number of ether oxygens (including phenoxy) is 1. The van der Waals surface area contributed by atoms with Crippen molar-refractivity contribution in [3.63, 3.8) is 0 Å². The average Bonchev–Trinajstić information content (AvgIpc) is 2.54. The number of nitrogens with two attached hydrogens (primary N) is 1. The lowest BCUT2D eigenvalue weighted by atomic mass is 10.2. The standard InChI is InChI=1S/C10H18N4O2/c1-7(4-5-16-3)12-10(15)9-8(11)6-14(2)13-9/h6-7H,4-5,11H2,1-3H3,(H,12,15). The van der Waals surface area contributed by atoms with Gasteiger partial charge in [0.25, 0.3) is 5.91 Å². The fraction of sp³-hybridized carbons (Fsp3) is 0.600. The Morgan fingerprint density at radius 1 is 1.75 bits per heavy atom. The molecule has 0 bridgehead atoms. The van der Waals surface area contributed by atoms with Gasteiger partial charge in [-0.25, -0.2) is 0 Å². The molecule has 1 amide bonds. The van der Waals surface area contributed by atoms with E-state index in [1.807, 2.05) is 6.92 Å². The van der Waals surface area contributed by atoms with E-state index < -0.39 is 0 Å². The summed E-state index contributed by atoms with van der Waals surface area (Å²) in [6, 6.07) is 0.0360. The average molecular weight is 226 g/mol. The number of nitrogens with zero attached hydrogens (tertiary/aromatic N) is 2. The van der Waals surface area contributed by atoms with Gasteiger partial charge in [0.05, 0.1) is 5.69 Å². The Bertz CT molecular complexity index is 362. The van der Waals surface area contributed by atoms with Crippen molar-refractivity contribution in [1.82, 2.24) is 15.1 Å². The molecule has 0 saturated heterocycles. The first kappa shape index (κ1) is 12.5. The van der Waals surface area contributed by atoms with E-state index in [2.05, 4.69) is 10.4 Å². The van der Waals surface area contributed by atoms with Crippen LogP contribution in [0.1, 0.15) is 23.8 Å². The third-order valence-electron chi connectivity index (χ3n) is 2.20. The molecule has 0 aliphatic heterocycles. The summed E-state index contributed by atoms with van der Waals surface area (Å²) in [7, 11) is 3.35. The van der Waals surface area contributed by atoms with Gasteiger partial charge >= 0.3 is 0 Å². The van der Waals surface area contributed by atoms with Gasteiger partial charge in [-0.05, 0) is 13.3 Å². The number of aromatic nitrogens is 2. The molecule has 1 atom stereocenters. The molecule has 90 valence electrons. The lowest BCUT2D eigenvalue weighted by Gasteiger charge is -2.12. The largest absolute Gasteiger partial charge is 0.396 e. The lowest BCUT2D eigenvalue weighted by molar-refractivity contribution is 0.0924. The minimum atomic E-state index is -0.248. The molecule has 1 rings (SSSR count). The SMILES string of the molecule is COCCC(C)NC(=O)c1nn(C)cc1N. The maximum absolute atomic E-state index is 11.7. The van der Waals surface area contributed by atoms with E-state index in [0.29, 0.717) is 12.3 Å². The lowest BCUT2D eigenvalue weighted by Crippen LogP contribution is -2.34. The van der Waals surface area contributed by atoms with Crippen LogP contribution in [0.4, 0.5) is 5.69 Å². The van der Waals surface area contributed by atoms with Gasteiger partial charge < -0.3 is 15.8 Å². The zero-order valence-electron chi connectivity index (χ0n) is 9.86. The highest BCUT2D eigenvalue weighted by atomic mass is 16.5. The molecule has 3 N–H and O–H groups in total. The Balaban J connectivity index is 2.55. The fourth-order valence-electron chi connectivity index (χ4n) is 1.34. The van der Waals surface area contributed by atoms with Crippen molar-refractivity contribution in [2.24, 2.45) is 7.05 Å². The van der Waals surface area contributed by atoms with Crippen LogP contribution in [0.25, 0.3) is 0 Å². The Morgan fingerprint density at radius 2 is 2.44 bits per heavy atom. The van der Waals surface area contributed by atoms with Crippen LogP contribution < -0.4 is 11.1 Å². The van der Waals surface area contributed by atoms with E-state index in [-0.39, 0.29) is 17.6 Å². The first-order valence-electron chi connectivity index (χ1n) is 5.13. The van der Waals surface area contributed by atoms with Gasteiger partial charge in [-0.3, -0.25) is 9.48 Å². The molecular formula is C10H18N4O2. The van der Waals surface area contributed by atoms with Crippen molar-refractivity contribution in [3.05, 3.63) is 11.9 Å². The number of hydrogen-bond donors (Lipinski definition) is 2. The molecular weight excluding hydrogens is 208 g/mol. The van der Waals surface area contributed by atoms with E-state index in [9.17, 15) is 4.79 Å². The number of carbonyl (C=O) groups is 1. The van der Waals surface area contributed by atoms with Crippen LogP contribution in [0, 0.1) is 0 Å². The molecule has 0 spiro atoms. The zero-order valence-corrected chi connectivity index (χ0v) is 9.86. The van der Waals surface area contributed by atoms with Gasteiger partial charge in [-0.15, -0.1) is 0 Å². The normalized spacial score (nSPS) is 12.4. The predicted octanol–water partition coefficient (Wildman–Crippen LogP) is 0.157. The zero-order chi connectivity index (χ0) is 12.1. The first-order valence-corrected chi connectivity index (χ1v) is 5.13. The van der Waals surface area contributed by atoms with E-state index in [1.54, 1.807) is 20.4 Å². The molecule has 1 heterocycles. The number of methoxy groups -OCH3 is 1. The summed E-state index contributed by atoms with van der Waals surface area (Å²) in [5.74, 6) is -0.248. The number of aryl methyl sites for hydroxylation is 1. The highest BCUT2D eigenvalue weighted by molar-refractivity contribution is 5.97. The maximum atomic E-state index is 11.7. The number of anilines is 1. The Morgan fingerprint density at radius 3 is 2.94 bits per heavy atom. The summed E-state index contributed by atoms with van der Waals surface area (Å²) in [5.41, 5.74) is 6.31. The predicted molar refractivity (Wildman–Crippen MR) is 61.0 cm³/mol. The third-order valence-corrected chi connectivity index (χ3v) is 2.20. The topological polar surface area (TPSA) is 82.2 Å². The second-order valence-corrected chi connectivity index (χ2v) is 3.76. The first-order chi connectivity index (χ1) is 7.54. The number of hydrogen-bond acceptors (Lipinski definition) is 4. The van der Waals surface area contributed by atoms with Crippen LogP contribution >= 0.6 is 0 Å². The Kier molecular flexibility index (Phi) is 4.30. The van der Waals surface area contributed by atoms with Crippen LogP contribution in [-0.2, 0) is 11.8 Å². The number of amides is 1. The molecule has 0 aliphatic rings. The molecule has 0 aliphatic carbocycles. The van der Waals surface area contributed by atoms with Crippen LogP contribution in [0.2, 0.25) is 0 Å². The summed E-state index contributed by atoms with van der Waals surface area (Å²) in [6.07, 6.45) is 2.36. The van der Waals surface area contributed by atoms with Gasteiger partial charge in [0.15, 0.2) is 5.69 Å². The molecule has 1 aromatic rings. The number of nitrogen functional groups attached to an aromatic ring is 1. The molecule has 16 heavy (non-hydrogen) atoms. The quantitative estimate of drug-likeness (QED) is 0.749. The van der Waals surface area contributed by atoms with Crippen LogP contribution in [0.5, 0.6) is 0 Å². The van der Waals surface area contributed by atoms with Crippen LogP contribution in [0.15, 0.2) is 6.20 Å². The van der Waals surface area contributed by atoms with Gasteiger partial charge in [-0.1, -0.05) is 0 Å². The van der Waals surface area contributed by atoms with Gasteiger partial charge in [0, 0.05) is 33.0 Å². The fourth-order valence-corrected chi connectivity index (χ4v) is 1.34. The molecule has 0 radical (unpaired) electrons. The summed E-state index contributed by atoms with van der Waals surface area (Å²) in [4.78, 5) is 11.7. The summed E-state index contributed by atoms with van der Waals surface area (Å²) < 4.78 is 6.45. The minimum absolute atomic E-state index is 0.0360. The summed E-state index contributed by atoms with van der Waals surface area (Å²) >= 11 is 0. The molecule has 0 aromatic carbocycles. The van der Waals surface area contributed by atoms with Crippen molar-refractivity contribution >= 4 is 11.6 Å². The van der Waals surface area contributed by atoms with Gasteiger partial charge in [0.2, 0.25) is 0 Å². The van der Waals surface area contributed by atoms with Crippen LogP contribution in [-0.4, -0.2) is 35.4 Å². The van der Waals surface area contributed by atoms with E-state index in [4.69, 9.17) is 10.5 Å². The number of nitrogens with one attached hydrogen (secondary N) is 1. The van der Waals surface area contributed by atoms with Crippen molar-refractivity contribution in [2.75, 3.05) is 19.5 Å². The molecule has 1 unspecified atom stereocenters. The van der Waals surface area contributed by atoms with Crippen molar-refractivity contribution in [1.29, 1.82) is 0 Å². The van der Waals surface area contributed by atoms with Crippen molar-refractivity contribution in [2.45, 2.75) is 19.4 Å². The van der Waals surface area contributed by atoms with E-state index in [1.165, 1.54) is 4.68 Å². The molecule has 6 nitrogen and oxygen atoms in total. The minimum Gasteiger partial charge on any atom is -0.396 e. The third kappa shape index (κ3) is 3.23. The Hall–Kier alpha value is -1.56. The molecule has 0 saturated carbocycles. The van der Waals surface area contributed by atoms with Gasteiger partial charge in [-0.2, -0.15) is 5.10 Å². The number of carbonyl (C=O) groups excluding carboxylic acids is 1. The van der Waals surface area contributed by atoms with E-state index in [0.717, 1.165) is 6.42 Å². The highest BCUT2D eigenvalue weighted by Crippen LogP contribution is 2.08. The number of rotatable bonds is 5.